The fourth-order valence-electron chi connectivity index (χ4n) is 2.31. The van der Waals surface area contributed by atoms with E-state index in [1.54, 1.807) is 24.3 Å². The van der Waals surface area contributed by atoms with Crippen molar-refractivity contribution in [1.82, 2.24) is 0 Å². The number of aliphatic hydroxyl groups excluding tert-OH is 1. The van der Waals surface area contributed by atoms with Crippen LogP contribution in [-0.4, -0.2) is 11.7 Å². The van der Waals surface area contributed by atoms with Crippen LogP contribution in [0.3, 0.4) is 0 Å². The van der Waals surface area contributed by atoms with Gasteiger partial charge in [-0.15, -0.1) is 0 Å². The van der Waals surface area contributed by atoms with E-state index in [9.17, 15) is 13.9 Å². The van der Waals surface area contributed by atoms with Crippen molar-refractivity contribution in [2.45, 2.75) is 18.9 Å². The van der Waals surface area contributed by atoms with Gasteiger partial charge in [-0.3, -0.25) is 0 Å². The van der Waals surface area contributed by atoms with Gasteiger partial charge < -0.3 is 10.8 Å². The van der Waals surface area contributed by atoms with Crippen molar-refractivity contribution in [2.75, 3.05) is 6.54 Å². The molecule has 0 fully saturated rings. The van der Waals surface area contributed by atoms with Gasteiger partial charge in [0, 0.05) is 17.5 Å². The van der Waals surface area contributed by atoms with Gasteiger partial charge in [-0.2, -0.15) is 0 Å². The normalized spacial score (nSPS) is 14.0. The first-order chi connectivity index (χ1) is 9.95. The van der Waals surface area contributed by atoms with Crippen LogP contribution < -0.4 is 5.73 Å². The molecule has 0 aliphatic rings. The molecule has 0 bridgehead atoms. The lowest BCUT2D eigenvalue weighted by Gasteiger charge is -2.23. The highest BCUT2D eigenvalue weighted by molar-refractivity contribution is 6.30. The van der Waals surface area contributed by atoms with Gasteiger partial charge in [0.2, 0.25) is 0 Å². The predicted octanol–water partition coefficient (Wildman–Crippen LogP) is 3.70. The van der Waals surface area contributed by atoms with Crippen molar-refractivity contribution in [3.05, 3.63) is 69.7 Å². The number of aliphatic hydroxyl groups is 1. The minimum Gasteiger partial charge on any atom is -0.388 e. The molecule has 2 aromatic rings. The van der Waals surface area contributed by atoms with Gasteiger partial charge in [0.15, 0.2) is 0 Å². The van der Waals surface area contributed by atoms with E-state index >= 15 is 0 Å². The Labute approximate surface area is 127 Å². The number of hydrogen-bond donors (Lipinski definition) is 2. The van der Waals surface area contributed by atoms with E-state index in [1.165, 1.54) is 13.0 Å². The summed E-state index contributed by atoms with van der Waals surface area (Å²) < 4.78 is 28.0. The molecule has 0 saturated carbocycles. The Kier molecular flexibility index (Phi) is 4.93. The summed E-state index contributed by atoms with van der Waals surface area (Å²) in [5.41, 5.74) is 6.29. The van der Waals surface area contributed by atoms with Gasteiger partial charge in [-0.05, 0) is 36.2 Å². The third kappa shape index (κ3) is 3.23. The minimum absolute atomic E-state index is 0.0512. The van der Waals surface area contributed by atoms with Crippen LogP contribution in [0, 0.1) is 18.6 Å². The maximum absolute atomic E-state index is 14.1. The van der Waals surface area contributed by atoms with Crippen molar-refractivity contribution < 1.29 is 13.9 Å². The standard InChI is InChI=1S/C16H16ClF2NO/c1-9-2-7-13(18)14(15(9)19)16(21)12(8-20)10-3-5-11(17)6-4-10/h2-7,12,16,21H,8,20H2,1H3. The number of aryl methyl sites for hydroxylation is 1. The van der Waals surface area contributed by atoms with Gasteiger partial charge in [-0.25, -0.2) is 8.78 Å². The molecule has 0 amide bonds. The summed E-state index contributed by atoms with van der Waals surface area (Å²) in [7, 11) is 0. The lowest BCUT2D eigenvalue weighted by atomic mass is 9.88. The molecule has 0 aliphatic carbocycles. The molecule has 0 heterocycles. The van der Waals surface area contributed by atoms with Crippen LogP contribution >= 0.6 is 11.6 Å². The highest BCUT2D eigenvalue weighted by Gasteiger charge is 2.27. The predicted molar refractivity (Wildman–Crippen MR) is 79.3 cm³/mol. The first-order valence-corrected chi connectivity index (χ1v) is 6.91. The molecule has 2 nitrogen and oxygen atoms in total. The van der Waals surface area contributed by atoms with Gasteiger partial charge in [0.1, 0.15) is 11.6 Å². The average Bonchev–Trinajstić information content (AvgIpc) is 2.46. The number of benzene rings is 2. The molecular formula is C16H16ClF2NO. The van der Waals surface area contributed by atoms with Crippen LogP contribution in [-0.2, 0) is 0 Å². The molecule has 0 radical (unpaired) electrons. The van der Waals surface area contributed by atoms with Crippen molar-refractivity contribution in [1.29, 1.82) is 0 Å². The van der Waals surface area contributed by atoms with Crippen molar-refractivity contribution in [2.24, 2.45) is 5.73 Å². The molecule has 0 saturated heterocycles. The molecule has 2 rings (SSSR count). The second-order valence-electron chi connectivity index (χ2n) is 4.93. The van der Waals surface area contributed by atoms with Crippen LogP contribution in [0.2, 0.25) is 5.02 Å². The Morgan fingerprint density at radius 1 is 1.14 bits per heavy atom. The van der Waals surface area contributed by atoms with Crippen molar-refractivity contribution >= 4 is 11.6 Å². The largest absolute Gasteiger partial charge is 0.388 e. The fraction of sp³-hybridized carbons (Fsp3) is 0.250. The van der Waals surface area contributed by atoms with Gasteiger partial charge in [0.25, 0.3) is 0 Å². The van der Waals surface area contributed by atoms with Crippen molar-refractivity contribution in [3.8, 4) is 0 Å². The molecule has 0 aliphatic heterocycles. The zero-order valence-corrected chi connectivity index (χ0v) is 12.2. The molecular weight excluding hydrogens is 296 g/mol. The third-order valence-corrected chi connectivity index (χ3v) is 3.80. The van der Waals surface area contributed by atoms with E-state index in [0.29, 0.717) is 10.6 Å². The summed E-state index contributed by atoms with van der Waals surface area (Å²) in [4.78, 5) is 0. The molecule has 0 spiro atoms. The topological polar surface area (TPSA) is 46.2 Å². The quantitative estimate of drug-likeness (QED) is 0.904. The number of nitrogens with two attached hydrogens (primary N) is 1. The summed E-state index contributed by atoms with van der Waals surface area (Å²) >= 11 is 5.81. The van der Waals surface area contributed by atoms with Crippen LogP contribution in [0.4, 0.5) is 8.78 Å². The van der Waals surface area contributed by atoms with Gasteiger partial charge in [0.05, 0.1) is 11.7 Å². The lowest BCUT2D eigenvalue weighted by Crippen LogP contribution is -2.22. The maximum atomic E-state index is 14.1. The lowest BCUT2D eigenvalue weighted by molar-refractivity contribution is 0.138. The average molecular weight is 312 g/mol. The van der Waals surface area contributed by atoms with E-state index < -0.39 is 23.7 Å². The van der Waals surface area contributed by atoms with Crippen LogP contribution in [0.15, 0.2) is 36.4 Å². The molecule has 2 unspecified atom stereocenters. The highest BCUT2D eigenvalue weighted by Crippen LogP contribution is 2.34. The van der Waals surface area contributed by atoms with E-state index in [-0.39, 0.29) is 17.7 Å². The Morgan fingerprint density at radius 3 is 2.33 bits per heavy atom. The van der Waals surface area contributed by atoms with Gasteiger partial charge >= 0.3 is 0 Å². The highest BCUT2D eigenvalue weighted by atomic mass is 35.5. The Balaban J connectivity index is 2.43. The Bertz CT molecular complexity index is 631. The number of rotatable bonds is 4. The van der Waals surface area contributed by atoms with Crippen molar-refractivity contribution in [3.63, 3.8) is 0 Å². The van der Waals surface area contributed by atoms with E-state index in [0.717, 1.165) is 6.07 Å². The second kappa shape index (κ2) is 6.52. The van der Waals surface area contributed by atoms with E-state index in [4.69, 9.17) is 17.3 Å². The smallest absolute Gasteiger partial charge is 0.134 e. The Hall–Kier alpha value is -1.49. The number of halogens is 3. The third-order valence-electron chi connectivity index (χ3n) is 3.55. The van der Waals surface area contributed by atoms with E-state index in [1.807, 2.05) is 0 Å². The summed E-state index contributed by atoms with van der Waals surface area (Å²) in [6.07, 6.45) is -1.36. The summed E-state index contributed by atoms with van der Waals surface area (Å²) in [6, 6.07) is 9.15. The zero-order valence-electron chi connectivity index (χ0n) is 11.5. The molecule has 5 heteroatoms. The molecule has 0 aromatic heterocycles. The first kappa shape index (κ1) is 15.9. The SMILES string of the molecule is Cc1ccc(F)c(C(O)C(CN)c2ccc(Cl)cc2)c1F. The maximum Gasteiger partial charge on any atom is 0.134 e. The van der Waals surface area contributed by atoms with Crippen LogP contribution in [0.25, 0.3) is 0 Å². The summed E-state index contributed by atoms with van der Waals surface area (Å²) in [5.74, 6) is -2.14. The monoisotopic (exact) mass is 311 g/mol. The van der Waals surface area contributed by atoms with Crippen LogP contribution in [0.1, 0.15) is 28.7 Å². The van der Waals surface area contributed by atoms with Crippen LogP contribution in [0.5, 0.6) is 0 Å². The first-order valence-electron chi connectivity index (χ1n) is 6.53. The minimum atomic E-state index is -1.36. The van der Waals surface area contributed by atoms with E-state index in [2.05, 4.69) is 0 Å². The summed E-state index contributed by atoms with van der Waals surface area (Å²) in [6.45, 7) is 1.57. The molecule has 3 N–H and O–H groups in total. The van der Waals surface area contributed by atoms with Gasteiger partial charge in [-0.1, -0.05) is 29.8 Å². The molecule has 2 aromatic carbocycles. The molecule has 21 heavy (non-hydrogen) atoms. The Morgan fingerprint density at radius 2 is 1.76 bits per heavy atom. The second-order valence-corrected chi connectivity index (χ2v) is 5.37. The zero-order chi connectivity index (χ0) is 15.6. The molecule has 2 atom stereocenters. The number of hydrogen-bond acceptors (Lipinski definition) is 2. The summed E-state index contributed by atoms with van der Waals surface area (Å²) in [5, 5.41) is 10.9. The molecule has 112 valence electrons. The fourth-order valence-corrected chi connectivity index (χ4v) is 2.43.